The minimum absolute atomic E-state index is 0.158. The molecule has 0 saturated carbocycles. The van der Waals surface area contributed by atoms with E-state index in [-0.39, 0.29) is 11.5 Å². The van der Waals surface area contributed by atoms with Crippen molar-refractivity contribution in [2.75, 3.05) is 45.1 Å². The predicted octanol–water partition coefficient (Wildman–Crippen LogP) is 3.73. The van der Waals surface area contributed by atoms with Gasteiger partial charge in [-0.2, -0.15) is 4.39 Å². The maximum Gasteiger partial charge on any atom is 0.269 e. The van der Waals surface area contributed by atoms with Gasteiger partial charge in [-0.25, -0.2) is 4.98 Å². The summed E-state index contributed by atoms with van der Waals surface area (Å²) in [5.74, 6) is -0.158. The number of aromatic nitrogens is 2. The highest BCUT2D eigenvalue weighted by Crippen LogP contribution is 2.27. The highest BCUT2D eigenvalue weighted by Gasteiger charge is 2.23. The van der Waals surface area contributed by atoms with Crippen molar-refractivity contribution in [1.82, 2.24) is 24.7 Å². The summed E-state index contributed by atoms with van der Waals surface area (Å²) in [6.45, 7) is 6.25. The summed E-state index contributed by atoms with van der Waals surface area (Å²) in [5.41, 5.74) is 5.30. The van der Waals surface area contributed by atoms with Gasteiger partial charge >= 0.3 is 0 Å². The number of allylic oxidation sites excluding steroid dienone is 1. The Morgan fingerprint density at radius 2 is 1.88 bits per heavy atom. The van der Waals surface area contributed by atoms with Crippen LogP contribution in [0.2, 0.25) is 0 Å². The molecule has 0 atom stereocenters. The largest absolute Gasteiger partial charge is 0.365 e. The predicted molar refractivity (Wildman–Crippen MR) is 134 cm³/mol. The summed E-state index contributed by atoms with van der Waals surface area (Å²) in [6.07, 6.45) is 3.89. The first-order valence-corrected chi connectivity index (χ1v) is 11.6. The van der Waals surface area contributed by atoms with E-state index in [1.807, 2.05) is 48.6 Å². The number of benzene rings is 2. The van der Waals surface area contributed by atoms with Crippen LogP contribution in [0.25, 0.3) is 11.0 Å². The van der Waals surface area contributed by atoms with Crippen molar-refractivity contribution in [3.8, 4) is 0 Å². The van der Waals surface area contributed by atoms with Gasteiger partial charge in [-0.1, -0.05) is 24.3 Å². The Balaban J connectivity index is 1.37. The van der Waals surface area contributed by atoms with E-state index in [1.165, 1.54) is 0 Å². The molecule has 1 saturated heterocycles. The van der Waals surface area contributed by atoms with Crippen LogP contribution in [0.3, 0.4) is 0 Å². The Morgan fingerprint density at radius 3 is 2.65 bits per heavy atom. The van der Waals surface area contributed by atoms with Crippen LogP contribution >= 0.6 is 0 Å². The maximum atomic E-state index is 14.6. The van der Waals surface area contributed by atoms with Crippen molar-refractivity contribution in [2.45, 2.75) is 13.5 Å². The average Bonchev–Trinajstić information content (AvgIpc) is 2.83. The van der Waals surface area contributed by atoms with E-state index in [0.717, 1.165) is 55.2 Å². The molecule has 3 heterocycles. The second kappa shape index (κ2) is 9.30. The normalized spacial score (nSPS) is 17.0. The highest BCUT2D eigenvalue weighted by molar-refractivity contribution is 5.90. The number of rotatable bonds is 5. The Morgan fingerprint density at radius 1 is 1.12 bits per heavy atom. The number of fused-ring (bicyclic) bond motifs is 1. The summed E-state index contributed by atoms with van der Waals surface area (Å²) < 4.78 is 14.6. The number of nitrogens with one attached hydrogen (secondary N) is 2. The van der Waals surface area contributed by atoms with E-state index >= 15 is 0 Å². The first-order valence-electron chi connectivity index (χ1n) is 11.6. The molecule has 176 valence electrons. The number of para-hydroxylation sites is 1. The Hall–Kier alpha value is -3.65. The second-order valence-corrected chi connectivity index (χ2v) is 8.90. The van der Waals surface area contributed by atoms with Crippen LogP contribution in [-0.4, -0.2) is 64.4 Å². The molecule has 2 aromatic carbocycles. The fourth-order valence-electron chi connectivity index (χ4n) is 4.51. The molecule has 1 aromatic heterocycles. The molecule has 34 heavy (non-hydrogen) atoms. The van der Waals surface area contributed by atoms with E-state index in [2.05, 4.69) is 31.2 Å². The standard InChI is InChI=1S/C26H29FN6O/c1-18-26(34)30-22-16-19(15-21(24(22)28-18)29-20-7-4-3-5-8-20)17-32-11-13-33(14-12-32)23-9-6-10-31(2)25(23)27/h3-9,15-16,29H,10-14,17H2,1-2H3,(H,30,34). The Labute approximate surface area is 198 Å². The molecule has 3 aromatic rings. The number of aryl methyl sites for hydroxylation is 1. The van der Waals surface area contributed by atoms with Gasteiger partial charge in [-0.05, 0) is 42.8 Å². The number of H-pyrrole nitrogens is 1. The van der Waals surface area contributed by atoms with Crippen molar-refractivity contribution in [2.24, 2.45) is 0 Å². The highest BCUT2D eigenvalue weighted by atomic mass is 19.1. The van der Waals surface area contributed by atoms with Gasteiger partial charge in [0.1, 0.15) is 11.2 Å². The van der Waals surface area contributed by atoms with Crippen molar-refractivity contribution in [3.63, 3.8) is 0 Å². The summed E-state index contributed by atoms with van der Waals surface area (Å²) in [4.78, 5) is 25.9. The smallest absolute Gasteiger partial charge is 0.269 e. The molecule has 0 spiro atoms. The summed E-state index contributed by atoms with van der Waals surface area (Å²) >= 11 is 0. The SMILES string of the molecule is Cc1nc2c(Nc3ccccc3)cc(CN3CCN(C4=C(F)N(C)CC=C4)CC3)cc2[nH]c1=O. The van der Waals surface area contributed by atoms with Gasteiger partial charge in [0.2, 0.25) is 5.95 Å². The molecule has 0 bridgehead atoms. The van der Waals surface area contributed by atoms with Gasteiger partial charge in [0.05, 0.1) is 16.9 Å². The number of halogens is 1. The lowest BCUT2D eigenvalue weighted by atomic mass is 10.1. The zero-order valence-electron chi connectivity index (χ0n) is 19.5. The number of likely N-dealkylation sites (N-methyl/N-ethyl adjacent to an activating group) is 1. The average molecular weight is 461 g/mol. The Bertz CT molecular complexity index is 1310. The quantitative estimate of drug-likeness (QED) is 0.566. The van der Waals surface area contributed by atoms with Crippen molar-refractivity contribution in [1.29, 1.82) is 0 Å². The van der Waals surface area contributed by atoms with Gasteiger partial charge in [-0.3, -0.25) is 9.69 Å². The molecule has 1 fully saturated rings. The molecule has 7 nitrogen and oxygen atoms in total. The monoisotopic (exact) mass is 460 g/mol. The zero-order valence-corrected chi connectivity index (χ0v) is 19.5. The first-order chi connectivity index (χ1) is 16.5. The van der Waals surface area contributed by atoms with Crippen LogP contribution in [0.1, 0.15) is 11.3 Å². The van der Waals surface area contributed by atoms with Crippen molar-refractivity contribution in [3.05, 3.63) is 87.9 Å². The topological polar surface area (TPSA) is 67.5 Å². The fourth-order valence-corrected chi connectivity index (χ4v) is 4.51. The number of aromatic amines is 1. The van der Waals surface area contributed by atoms with Crippen LogP contribution in [0.5, 0.6) is 0 Å². The molecular weight excluding hydrogens is 431 g/mol. The fraction of sp³-hybridized carbons (Fsp3) is 0.308. The molecule has 8 heteroatoms. The number of piperazine rings is 1. The number of anilines is 2. The van der Waals surface area contributed by atoms with Gasteiger partial charge in [0, 0.05) is 52.0 Å². The first kappa shape index (κ1) is 22.2. The van der Waals surface area contributed by atoms with E-state index in [0.29, 0.717) is 23.5 Å². The van der Waals surface area contributed by atoms with Crippen LogP contribution in [0, 0.1) is 6.92 Å². The molecular formula is C26H29FN6O. The number of nitrogens with zero attached hydrogens (tertiary/aromatic N) is 4. The molecule has 2 aliphatic heterocycles. The van der Waals surface area contributed by atoms with E-state index in [4.69, 9.17) is 0 Å². The van der Waals surface area contributed by atoms with Crippen molar-refractivity contribution >= 4 is 22.4 Å². The third kappa shape index (κ3) is 4.54. The zero-order chi connectivity index (χ0) is 23.7. The summed E-state index contributed by atoms with van der Waals surface area (Å²) in [7, 11) is 1.77. The molecule has 0 aliphatic carbocycles. The lowest BCUT2D eigenvalue weighted by Gasteiger charge is -2.38. The van der Waals surface area contributed by atoms with Crippen LogP contribution < -0.4 is 10.9 Å². The van der Waals surface area contributed by atoms with Crippen LogP contribution in [0.15, 0.2) is 71.1 Å². The minimum atomic E-state index is -0.176. The van der Waals surface area contributed by atoms with Crippen LogP contribution in [-0.2, 0) is 6.54 Å². The molecule has 2 aliphatic rings. The summed E-state index contributed by atoms with van der Waals surface area (Å²) in [6, 6.07) is 14.0. The third-order valence-corrected chi connectivity index (χ3v) is 6.40. The molecule has 0 radical (unpaired) electrons. The van der Waals surface area contributed by atoms with Gasteiger partial charge in [0.25, 0.3) is 5.56 Å². The Kier molecular flexibility index (Phi) is 6.06. The third-order valence-electron chi connectivity index (χ3n) is 6.40. The molecule has 5 rings (SSSR count). The minimum Gasteiger partial charge on any atom is -0.365 e. The van der Waals surface area contributed by atoms with E-state index in [1.54, 1.807) is 18.9 Å². The van der Waals surface area contributed by atoms with Gasteiger partial charge in [0.15, 0.2) is 0 Å². The van der Waals surface area contributed by atoms with Crippen LogP contribution in [0.4, 0.5) is 15.8 Å². The maximum absolute atomic E-state index is 14.6. The number of hydrogen-bond acceptors (Lipinski definition) is 6. The van der Waals surface area contributed by atoms with E-state index in [9.17, 15) is 9.18 Å². The molecule has 0 amide bonds. The number of hydrogen-bond donors (Lipinski definition) is 2. The summed E-state index contributed by atoms with van der Waals surface area (Å²) in [5, 5.41) is 3.46. The lowest BCUT2D eigenvalue weighted by molar-refractivity contribution is 0.148. The molecule has 2 N–H and O–H groups in total. The second-order valence-electron chi connectivity index (χ2n) is 8.90. The van der Waals surface area contributed by atoms with Gasteiger partial charge < -0.3 is 20.1 Å². The van der Waals surface area contributed by atoms with Gasteiger partial charge in [-0.15, -0.1) is 0 Å². The lowest BCUT2D eigenvalue weighted by Crippen LogP contribution is -2.46. The van der Waals surface area contributed by atoms with E-state index < -0.39 is 0 Å². The van der Waals surface area contributed by atoms with Crippen molar-refractivity contribution < 1.29 is 4.39 Å². The molecule has 0 unspecified atom stereocenters.